The first-order chi connectivity index (χ1) is 10.1. The van der Waals surface area contributed by atoms with Gasteiger partial charge in [-0.3, -0.25) is 4.79 Å². The van der Waals surface area contributed by atoms with Gasteiger partial charge in [0.05, 0.1) is 0 Å². The van der Waals surface area contributed by atoms with Crippen molar-refractivity contribution in [2.45, 2.75) is 29.5 Å². The first-order valence-corrected chi connectivity index (χ1v) is 6.36. The zero-order valence-electron chi connectivity index (χ0n) is 10.3. The van der Waals surface area contributed by atoms with E-state index in [4.69, 9.17) is 0 Å². The molecule has 0 amide bonds. The topological polar surface area (TPSA) is 52.6 Å². The monoisotopic (exact) mass is 426 g/mol. The minimum atomic E-state index is -6.86. The fraction of sp³-hybridized carbons (Fsp3) is 0.778. The average molecular weight is 427 g/mol. The highest BCUT2D eigenvalue weighted by Gasteiger charge is 3.03. The lowest BCUT2D eigenvalue weighted by Gasteiger charge is -2.29. The molecule has 4 nitrogen and oxygen atoms in total. The van der Waals surface area contributed by atoms with Gasteiger partial charge < -0.3 is 9.47 Å². The van der Waals surface area contributed by atoms with E-state index >= 15 is 0 Å². The second kappa shape index (κ2) is 5.41. The molecule has 1 saturated carbocycles. The third-order valence-electron chi connectivity index (χ3n) is 2.71. The van der Waals surface area contributed by atoms with Gasteiger partial charge in [-0.2, -0.15) is 39.5 Å². The number of hydrogen-bond donors (Lipinski definition) is 0. The summed E-state index contributed by atoms with van der Waals surface area (Å²) >= 11 is 2.49. The first kappa shape index (κ1) is 19.8. The number of esters is 2. The van der Waals surface area contributed by atoms with Gasteiger partial charge >= 0.3 is 41.5 Å². The van der Waals surface area contributed by atoms with Crippen LogP contribution in [0.15, 0.2) is 0 Å². The Morgan fingerprint density at radius 2 is 1.13 bits per heavy atom. The number of ether oxygens (including phenoxy) is 2. The molecular weight excluding hydrogens is 423 g/mol. The molecule has 1 rings (SSSR count). The molecule has 0 atom stereocenters. The summed E-state index contributed by atoms with van der Waals surface area (Å²) in [4.78, 5) is 21.5. The molecule has 0 spiro atoms. The van der Waals surface area contributed by atoms with Gasteiger partial charge in [-0.15, -0.1) is 0 Å². The normalized spacial score (nSPS) is 25.7. The van der Waals surface area contributed by atoms with Crippen LogP contribution in [0.1, 0.15) is 0 Å². The zero-order chi connectivity index (χ0) is 18.5. The standard InChI is InChI=1S/C9H4BrF9O4/c10-1-3(20)22-2-4(21)23-9(19)7(15,16)5(11,12)6(13,14)8(9,17)18/h1-2H2. The molecule has 0 heterocycles. The SMILES string of the molecule is O=C(CBr)OCC(=O)OC1(F)C(F)(F)C(F)(F)C(F)(F)C1(F)F. The smallest absolute Gasteiger partial charge is 0.391 e. The Balaban J connectivity index is 3.17. The van der Waals surface area contributed by atoms with Gasteiger partial charge in [-0.25, -0.2) is 4.79 Å². The van der Waals surface area contributed by atoms with Crippen LogP contribution >= 0.6 is 15.9 Å². The summed E-state index contributed by atoms with van der Waals surface area (Å²) in [5.74, 6) is -37.4. The van der Waals surface area contributed by atoms with Gasteiger partial charge in [0, 0.05) is 0 Å². The summed E-state index contributed by atoms with van der Waals surface area (Å²) in [5, 5.41) is -0.566. The van der Waals surface area contributed by atoms with E-state index in [1.165, 1.54) is 0 Å². The molecular formula is C9H4BrF9O4. The Morgan fingerprint density at radius 1 is 0.739 bits per heavy atom. The van der Waals surface area contributed by atoms with Gasteiger partial charge in [0.1, 0.15) is 5.33 Å². The van der Waals surface area contributed by atoms with Crippen molar-refractivity contribution >= 4 is 27.9 Å². The van der Waals surface area contributed by atoms with Crippen molar-refractivity contribution in [3.63, 3.8) is 0 Å². The van der Waals surface area contributed by atoms with Gasteiger partial charge in [0.15, 0.2) is 6.61 Å². The van der Waals surface area contributed by atoms with E-state index in [9.17, 15) is 49.1 Å². The lowest BCUT2D eigenvalue weighted by molar-refractivity contribution is -0.343. The Bertz CT molecular complexity index is 495. The van der Waals surface area contributed by atoms with Crippen molar-refractivity contribution in [2.24, 2.45) is 0 Å². The van der Waals surface area contributed by atoms with Gasteiger partial charge in [-0.05, 0) is 0 Å². The fourth-order valence-electron chi connectivity index (χ4n) is 1.49. The average Bonchev–Trinajstić information content (AvgIpc) is 2.47. The maximum absolute atomic E-state index is 13.7. The number of hydrogen-bond acceptors (Lipinski definition) is 4. The summed E-state index contributed by atoms with van der Waals surface area (Å²) in [6, 6.07) is 0. The van der Waals surface area contributed by atoms with Crippen LogP contribution in [0.5, 0.6) is 0 Å². The molecule has 134 valence electrons. The van der Waals surface area contributed by atoms with E-state index in [1.807, 2.05) is 0 Å². The van der Waals surface area contributed by atoms with E-state index in [0.29, 0.717) is 0 Å². The van der Waals surface area contributed by atoms with Crippen LogP contribution in [0.4, 0.5) is 39.5 Å². The zero-order valence-corrected chi connectivity index (χ0v) is 11.9. The van der Waals surface area contributed by atoms with E-state index in [1.54, 1.807) is 0 Å². The quantitative estimate of drug-likeness (QED) is 0.394. The van der Waals surface area contributed by atoms with Crippen LogP contribution < -0.4 is 0 Å². The van der Waals surface area contributed by atoms with Crippen molar-refractivity contribution in [1.29, 1.82) is 0 Å². The molecule has 0 aromatic carbocycles. The van der Waals surface area contributed by atoms with E-state index < -0.39 is 53.4 Å². The highest BCUT2D eigenvalue weighted by Crippen LogP contribution is 2.69. The van der Waals surface area contributed by atoms with E-state index in [0.717, 1.165) is 0 Å². The second-order valence-electron chi connectivity index (χ2n) is 4.16. The van der Waals surface area contributed by atoms with E-state index in [-0.39, 0.29) is 0 Å². The van der Waals surface area contributed by atoms with Crippen molar-refractivity contribution in [3.8, 4) is 0 Å². The largest absolute Gasteiger partial charge is 0.453 e. The van der Waals surface area contributed by atoms with Crippen LogP contribution in [-0.4, -0.2) is 53.4 Å². The molecule has 0 radical (unpaired) electrons. The minimum absolute atomic E-state index is 0.566. The minimum Gasteiger partial charge on any atom is -0.453 e. The summed E-state index contributed by atoms with van der Waals surface area (Å²) < 4.78 is 124. The van der Waals surface area contributed by atoms with Crippen molar-refractivity contribution in [1.82, 2.24) is 0 Å². The highest BCUT2D eigenvalue weighted by molar-refractivity contribution is 9.09. The Morgan fingerprint density at radius 3 is 1.48 bits per heavy atom. The molecule has 1 fully saturated rings. The van der Waals surface area contributed by atoms with Gasteiger partial charge in [0.25, 0.3) is 0 Å². The van der Waals surface area contributed by atoms with Crippen LogP contribution in [0.2, 0.25) is 0 Å². The second-order valence-corrected chi connectivity index (χ2v) is 4.72. The summed E-state index contributed by atoms with van der Waals surface area (Å²) in [6.07, 6.45) is 0. The number of alkyl halides is 10. The summed E-state index contributed by atoms with van der Waals surface area (Å²) in [5.41, 5.74) is 0. The van der Waals surface area contributed by atoms with E-state index in [2.05, 4.69) is 25.4 Å². The predicted molar refractivity (Wildman–Crippen MR) is 54.5 cm³/mol. The van der Waals surface area contributed by atoms with Crippen LogP contribution in [0.3, 0.4) is 0 Å². The van der Waals surface area contributed by atoms with Crippen molar-refractivity contribution < 1.29 is 58.6 Å². The maximum atomic E-state index is 13.7. The van der Waals surface area contributed by atoms with Gasteiger partial charge in [0.2, 0.25) is 0 Å². The molecule has 0 aliphatic heterocycles. The third kappa shape index (κ3) is 2.36. The third-order valence-corrected chi connectivity index (χ3v) is 3.16. The predicted octanol–water partition coefficient (Wildman–Crippen LogP) is 2.69. The van der Waals surface area contributed by atoms with Gasteiger partial charge in [-0.1, -0.05) is 15.9 Å². The molecule has 0 aromatic rings. The fourth-order valence-corrected chi connectivity index (χ4v) is 1.65. The lowest BCUT2D eigenvalue weighted by Crippen LogP contribution is -2.57. The molecule has 0 N–H and O–H groups in total. The Hall–Kier alpha value is -1.21. The summed E-state index contributed by atoms with van der Waals surface area (Å²) in [7, 11) is 0. The maximum Gasteiger partial charge on any atom is 0.391 e. The van der Waals surface area contributed by atoms with Crippen LogP contribution in [0, 0.1) is 0 Å². The Labute approximate surface area is 129 Å². The highest BCUT2D eigenvalue weighted by atomic mass is 79.9. The molecule has 1 aliphatic carbocycles. The number of carbonyl (C=O) groups is 2. The molecule has 0 unspecified atom stereocenters. The number of rotatable bonds is 4. The van der Waals surface area contributed by atoms with Crippen molar-refractivity contribution in [2.75, 3.05) is 11.9 Å². The van der Waals surface area contributed by atoms with Crippen LogP contribution in [-0.2, 0) is 19.1 Å². The summed E-state index contributed by atoms with van der Waals surface area (Å²) in [6.45, 7) is -1.75. The molecule has 23 heavy (non-hydrogen) atoms. The molecule has 0 saturated heterocycles. The molecule has 0 bridgehead atoms. The first-order valence-electron chi connectivity index (χ1n) is 5.23. The lowest BCUT2D eigenvalue weighted by atomic mass is 10.1. The number of carbonyl (C=O) groups excluding carboxylic acids is 2. The molecule has 0 aromatic heterocycles. The van der Waals surface area contributed by atoms with Crippen LogP contribution in [0.25, 0.3) is 0 Å². The Kier molecular flexibility index (Phi) is 4.67. The molecule has 14 heteroatoms. The number of halogens is 10. The van der Waals surface area contributed by atoms with Crippen molar-refractivity contribution in [3.05, 3.63) is 0 Å². The molecule has 1 aliphatic rings.